The van der Waals surface area contributed by atoms with E-state index in [0.717, 1.165) is 30.2 Å². The molecule has 1 saturated heterocycles. The molecule has 1 heterocycles. The van der Waals surface area contributed by atoms with E-state index in [1.807, 2.05) is 61.5 Å². The lowest BCUT2D eigenvalue weighted by molar-refractivity contribution is -0.126. The normalized spacial score (nSPS) is 15.5. The third-order valence-corrected chi connectivity index (χ3v) is 4.30. The van der Waals surface area contributed by atoms with Gasteiger partial charge in [0.05, 0.1) is 0 Å². The second-order valence-corrected chi connectivity index (χ2v) is 5.98. The molecule has 1 amide bonds. The van der Waals surface area contributed by atoms with Crippen LogP contribution in [-0.4, -0.2) is 19.0 Å². The van der Waals surface area contributed by atoms with Crippen LogP contribution in [0.4, 0.5) is 0 Å². The standard InChI is InChI=1S/C19H22N2O2/c1-14(16-12-20-13-16)19(22)21-11-15-7-9-18(10-8-15)23-17-5-3-2-4-6-17/h2-10,14,16,20H,11-13H2,1H3,(H,21,22). The fourth-order valence-corrected chi connectivity index (χ4v) is 2.53. The lowest BCUT2D eigenvalue weighted by Crippen LogP contribution is -2.49. The van der Waals surface area contributed by atoms with E-state index >= 15 is 0 Å². The van der Waals surface area contributed by atoms with Crippen molar-refractivity contribution in [2.45, 2.75) is 13.5 Å². The zero-order valence-electron chi connectivity index (χ0n) is 13.3. The predicted octanol–water partition coefficient (Wildman–Crippen LogP) is 2.95. The van der Waals surface area contributed by atoms with E-state index in [4.69, 9.17) is 4.74 Å². The summed E-state index contributed by atoms with van der Waals surface area (Å²) in [5, 5.41) is 6.21. The summed E-state index contributed by atoms with van der Waals surface area (Å²) in [6.07, 6.45) is 0. The Hall–Kier alpha value is -2.33. The molecule has 0 aliphatic carbocycles. The van der Waals surface area contributed by atoms with Gasteiger partial charge in [-0.2, -0.15) is 0 Å². The molecular formula is C19H22N2O2. The van der Waals surface area contributed by atoms with Crippen LogP contribution in [0.15, 0.2) is 54.6 Å². The molecule has 0 aromatic heterocycles. The van der Waals surface area contributed by atoms with Gasteiger partial charge in [-0.25, -0.2) is 0 Å². The van der Waals surface area contributed by atoms with Crippen LogP contribution in [0.1, 0.15) is 12.5 Å². The Balaban J connectivity index is 1.50. The average Bonchev–Trinajstić information content (AvgIpc) is 2.53. The van der Waals surface area contributed by atoms with Gasteiger partial charge in [0.15, 0.2) is 0 Å². The fourth-order valence-electron chi connectivity index (χ4n) is 2.53. The molecule has 2 N–H and O–H groups in total. The van der Waals surface area contributed by atoms with Crippen LogP contribution in [0.25, 0.3) is 0 Å². The van der Waals surface area contributed by atoms with Crippen molar-refractivity contribution in [3.05, 3.63) is 60.2 Å². The molecule has 4 nitrogen and oxygen atoms in total. The number of para-hydroxylation sites is 1. The van der Waals surface area contributed by atoms with Gasteiger partial charge in [0.25, 0.3) is 0 Å². The highest BCUT2D eigenvalue weighted by atomic mass is 16.5. The molecule has 1 aliphatic rings. The first-order valence-electron chi connectivity index (χ1n) is 8.02. The molecule has 3 rings (SSSR count). The number of hydrogen-bond donors (Lipinski definition) is 2. The Labute approximate surface area is 136 Å². The minimum absolute atomic E-state index is 0.0666. The van der Waals surface area contributed by atoms with E-state index in [0.29, 0.717) is 12.5 Å². The minimum Gasteiger partial charge on any atom is -0.457 e. The Bertz CT molecular complexity index is 636. The van der Waals surface area contributed by atoms with Gasteiger partial charge in [0, 0.05) is 12.5 Å². The third kappa shape index (κ3) is 4.11. The van der Waals surface area contributed by atoms with E-state index < -0.39 is 0 Å². The molecule has 1 fully saturated rings. The molecule has 120 valence electrons. The summed E-state index contributed by atoms with van der Waals surface area (Å²) >= 11 is 0. The topological polar surface area (TPSA) is 50.4 Å². The maximum Gasteiger partial charge on any atom is 0.223 e. The Kier molecular flexibility index (Phi) is 4.93. The maximum absolute atomic E-state index is 12.1. The molecule has 4 heteroatoms. The van der Waals surface area contributed by atoms with Crippen LogP contribution in [0, 0.1) is 11.8 Å². The predicted molar refractivity (Wildman–Crippen MR) is 90.3 cm³/mol. The van der Waals surface area contributed by atoms with Crippen molar-refractivity contribution < 1.29 is 9.53 Å². The molecule has 1 atom stereocenters. The molecule has 2 aromatic carbocycles. The number of carbonyl (C=O) groups excluding carboxylic acids is 1. The van der Waals surface area contributed by atoms with Crippen LogP contribution in [0.2, 0.25) is 0 Å². The number of nitrogens with one attached hydrogen (secondary N) is 2. The summed E-state index contributed by atoms with van der Waals surface area (Å²) in [6.45, 7) is 4.44. The van der Waals surface area contributed by atoms with Crippen molar-refractivity contribution in [2.24, 2.45) is 11.8 Å². The summed E-state index contributed by atoms with van der Waals surface area (Å²) in [5.74, 6) is 2.27. The number of amides is 1. The fraction of sp³-hybridized carbons (Fsp3) is 0.316. The molecule has 0 saturated carbocycles. The summed E-state index contributed by atoms with van der Waals surface area (Å²) in [4.78, 5) is 12.1. The molecular weight excluding hydrogens is 288 g/mol. The average molecular weight is 310 g/mol. The van der Waals surface area contributed by atoms with Gasteiger partial charge >= 0.3 is 0 Å². The number of benzene rings is 2. The Morgan fingerprint density at radius 3 is 2.39 bits per heavy atom. The second kappa shape index (κ2) is 7.29. The summed E-state index contributed by atoms with van der Waals surface area (Å²) in [7, 11) is 0. The summed E-state index contributed by atoms with van der Waals surface area (Å²) in [6, 6.07) is 17.5. The third-order valence-electron chi connectivity index (χ3n) is 4.30. The van der Waals surface area contributed by atoms with Crippen LogP contribution >= 0.6 is 0 Å². The molecule has 0 bridgehead atoms. The first kappa shape index (κ1) is 15.6. The van der Waals surface area contributed by atoms with Crippen LogP contribution < -0.4 is 15.4 Å². The highest BCUT2D eigenvalue weighted by molar-refractivity contribution is 5.78. The summed E-state index contributed by atoms with van der Waals surface area (Å²) < 4.78 is 5.76. The van der Waals surface area contributed by atoms with Crippen LogP contribution in [-0.2, 0) is 11.3 Å². The molecule has 0 spiro atoms. The van der Waals surface area contributed by atoms with Crippen molar-refractivity contribution in [1.82, 2.24) is 10.6 Å². The quantitative estimate of drug-likeness (QED) is 0.862. The van der Waals surface area contributed by atoms with Crippen LogP contribution in [0.5, 0.6) is 11.5 Å². The van der Waals surface area contributed by atoms with Gasteiger partial charge in [-0.15, -0.1) is 0 Å². The molecule has 0 radical (unpaired) electrons. The van der Waals surface area contributed by atoms with E-state index in [1.54, 1.807) is 0 Å². The Morgan fingerprint density at radius 1 is 1.13 bits per heavy atom. The second-order valence-electron chi connectivity index (χ2n) is 5.98. The zero-order chi connectivity index (χ0) is 16.1. The number of rotatable bonds is 6. The summed E-state index contributed by atoms with van der Waals surface area (Å²) in [5.41, 5.74) is 1.07. The van der Waals surface area contributed by atoms with Gasteiger partial charge in [0.2, 0.25) is 5.91 Å². The molecule has 1 unspecified atom stereocenters. The monoisotopic (exact) mass is 310 g/mol. The first-order chi connectivity index (χ1) is 11.2. The molecule has 1 aliphatic heterocycles. The van der Waals surface area contributed by atoms with Crippen molar-refractivity contribution in [3.8, 4) is 11.5 Å². The van der Waals surface area contributed by atoms with Crippen molar-refractivity contribution in [3.63, 3.8) is 0 Å². The van der Waals surface area contributed by atoms with Gasteiger partial charge < -0.3 is 15.4 Å². The first-order valence-corrected chi connectivity index (χ1v) is 8.02. The molecule has 23 heavy (non-hydrogen) atoms. The van der Waals surface area contributed by atoms with Gasteiger partial charge in [0.1, 0.15) is 11.5 Å². The highest BCUT2D eigenvalue weighted by Gasteiger charge is 2.28. The highest BCUT2D eigenvalue weighted by Crippen LogP contribution is 2.21. The van der Waals surface area contributed by atoms with E-state index in [-0.39, 0.29) is 11.8 Å². The van der Waals surface area contributed by atoms with Gasteiger partial charge in [-0.3, -0.25) is 4.79 Å². The largest absolute Gasteiger partial charge is 0.457 e. The van der Waals surface area contributed by atoms with E-state index in [1.165, 1.54) is 0 Å². The van der Waals surface area contributed by atoms with E-state index in [9.17, 15) is 4.79 Å². The molecule has 2 aromatic rings. The van der Waals surface area contributed by atoms with Gasteiger partial charge in [-0.05, 0) is 48.8 Å². The minimum atomic E-state index is 0.0666. The van der Waals surface area contributed by atoms with Crippen molar-refractivity contribution in [2.75, 3.05) is 13.1 Å². The van der Waals surface area contributed by atoms with Gasteiger partial charge in [-0.1, -0.05) is 37.3 Å². The maximum atomic E-state index is 12.1. The number of carbonyl (C=O) groups is 1. The van der Waals surface area contributed by atoms with Crippen molar-refractivity contribution in [1.29, 1.82) is 0 Å². The van der Waals surface area contributed by atoms with Crippen LogP contribution in [0.3, 0.4) is 0 Å². The number of hydrogen-bond acceptors (Lipinski definition) is 3. The zero-order valence-corrected chi connectivity index (χ0v) is 13.3. The SMILES string of the molecule is CC(C(=O)NCc1ccc(Oc2ccccc2)cc1)C1CNC1. The lowest BCUT2D eigenvalue weighted by Gasteiger charge is -2.31. The van der Waals surface area contributed by atoms with Crippen molar-refractivity contribution >= 4 is 5.91 Å². The lowest BCUT2D eigenvalue weighted by atomic mass is 9.88. The Morgan fingerprint density at radius 2 is 1.78 bits per heavy atom. The number of ether oxygens (including phenoxy) is 1. The smallest absolute Gasteiger partial charge is 0.223 e. The van der Waals surface area contributed by atoms with E-state index in [2.05, 4.69) is 10.6 Å².